The molecule has 0 bridgehead atoms. The molecule has 2 N–H and O–H groups in total. The Morgan fingerprint density at radius 1 is 1.24 bits per heavy atom. The molecule has 21 heavy (non-hydrogen) atoms. The van der Waals surface area contributed by atoms with Gasteiger partial charge in [-0.05, 0) is 40.2 Å². The average Bonchev–Trinajstić information content (AvgIpc) is 2.46. The van der Waals surface area contributed by atoms with Crippen LogP contribution in [0.1, 0.15) is 10.5 Å². The van der Waals surface area contributed by atoms with Crippen LogP contribution in [0.5, 0.6) is 5.75 Å². The first kappa shape index (κ1) is 15.0. The first-order valence-corrected chi connectivity index (χ1v) is 6.72. The van der Waals surface area contributed by atoms with Crippen molar-refractivity contribution in [2.75, 3.05) is 11.9 Å². The Balaban J connectivity index is 2.18. The third kappa shape index (κ3) is 4.03. The Hall–Kier alpha value is -2.41. The molecule has 1 aromatic carbocycles. The van der Waals surface area contributed by atoms with Crippen molar-refractivity contribution in [1.82, 2.24) is 4.98 Å². The molecule has 0 radical (unpaired) electrons. The van der Waals surface area contributed by atoms with Gasteiger partial charge in [0.2, 0.25) is 0 Å². The van der Waals surface area contributed by atoms with Crippen LogP contribution in [-0.2, 0) is 4.79 Å². The molecular weight excluding hydrogens is 340 g/mol. The van der Waals surface area contributed by atoms with E-state index < -0.39 is 18.5 Å². The summed E-state index contributed by atoms with van der Waals surface area (Å²) in [7, 11) is 0. The van der Waals surface area contributed by atoms with E-state index in [1.165, 1.54) is 6.20 Å². The molecule has 0 fully saturated rings. The monoisotopic (exact) mass is 350 g/mol. The van der Waals surface area contributed by atoms with Crippen molar-refractivity contribution in [3.05, 3.63) is 52.8 Å². The number of nitrogens with zero attached hydrogens (tertiary/aromatic N) is 1. The molecule has 0 unspecified atom stereocenters. The first-order chi connectivity index (χ1) is 10.1. The summed E-state index contributed by atoms with van der Waals surface area (Å²) in [5.74, 6) is -1.24. The largest absolute Gasteiger partial charge is 0.480 e. The Morgan fingerprint density at radius 2 is 2.00 bits per heavy atom. The van der Waals surface area contributed by atoms with Crippen LogP contribution < -0.4 is 10.1 Å². The van der Waals surface area contributed by atoms with Gasteiger partial charge in [-0.15, -0.1) is 0 Å². The van der Waals surface area contributed by atoms with Crippen LogP contribution >= 0.6 is 15.9 Å². The minimum Gasteiger partial charge on any atom is -0.480 e. The van der Waals surface area contributed by atoms with Crippen LogP contribution in [0.25, 0.3) is 0 Å². The number of anilines is 1. The average molecular weight is 351 g/mol. The number of pyridine rings is 1. The Bertz CT molecular complexity index is 676. The number of rotatable bonds is 5. The topological polar surface area (TPSA) is 88.5 Å². The number of hydrogen-bond acceptors (Lipinski definition) is 4. The summed E-state index contributed by atoms with van der Waals surface area (Å²) in [4.78, 5) is 26.7. The molecule has 1 heterocycles. The molecule has 0 aliphatic rings. The molecule has 0 aliphatic heterocycles. The van der Waals surface area contributed by atoms with Crippen LogP contribution in [0.2, 0.25) is 0 Å². The van der Waals surface area contributed by atoms with Gasteiger partial charge in [0, 0.05) is 10.7 Å². The van der Waals surface area contributed by atoms with Gasteiger partial charge in [0.25, 0.3) is 5.91 Å². The van der Waals surface area contributed by atoms with Crippen LogP contribution in [0.15, 0.2) is 47.1 Å². The summed E-state index contributed by atoms with van der Waals surface area (Å²) in [6.07, 6.45) is 1.51. The molecule has 6 nitrogen and oxygen atoms in total. The van der Waals surface area contributed by atoms with Crippen molar-refractivity contribution in [3.8, 4) is 5.75 Å². The fourth-order valence-electron chi connectivity index (χ4n) is 1.57. The number of nitrogens with one attached hydrogen (secondary N) is 1. The van der Waals surface area contributed by atoms with Gasteiger partial charge < -0.3 is 15.2 Å². The molecule has 2 rings (SSSR count). The fraction of sp³-hybridized carbons (Fsp3) is 0.0714. The lowest BCUT2D eigenvalue weighted by Gasteiger charge is -2.11. The number of para-hydroxylation sites is 2. The molecule has 7 heteroatoms. The van der Waals surface area contributed by atoms with E-state index >= 15 is 0 Å². The number of aromatic nitrogens is 1. The first-order valence-electron chi connectivity index (χ1n) is 5.93. The number of carboxylic acids is 1. The summed E-state index contributed by atoms with van der Waals surface area (Å²) >= 11 is 3.25. The maximum absolute atomic E-state index is 12.1. The van der Waals surface area contributed by atoms with Crippen molar-refractivity contribution in [2.45, 2.75) is 0 Å². The zero-order valence-corrected chi connectivity index (χ0v) is 12.3. The second-order valence-corrected chi connectivity index (χ2v) is 4.82. The summed E-state index contributed by atoms with van der Waals surface area (Å²) in [6, 6.07) is 9.98. The number of benzene rings is 1. The van der Waals surface area contributed by atoms with Gasteiger partial charge >= 0.3 is 5.97 Å². The second-order valence-electron chi connectivity index (χ2n) is 3.97. The smallest absolute Gasteiger partial charge is 0.341 e. The molecule has 0 saturated carbocycles. The van der Waals surface area contributed by atoms with Crippen molar-refractivity contribution in [3.63, 3.8) is 0 Å². The summed E-state index contributed by atoms with van der Waals surface area (Å²) < 4.78 is 5.68. The van der Waals surface area contributed by atoms with Crippen LogP contribution in [0, 0.1) is 0 Å². The maximum Gasteiger partial charge on any atom is 0.341 e. The molecule has 2 aromatic rings. The van der Waals surface area contributed by atoms with Crippen LogP contribution in [-0.4, -0.2) is 28.6 Å². The minimum absolute atomic E-state index is 0.227. The van der Waals surface area contributed by atoms with E-state index in [9.17, 15) is 9.59 Å². The number of ether oxygens (including phenoxy) is 1. The van der Waals surface area contributed by atoms with Gasteiger partial charge in [-0.25, -0.2) is 9.78 Å². The van der Waals surface area contributed by atoms with Gasteiger partial charge in [0.1, 0.15) is 11.4 Å². The molecular formula is C14H11BrN2O4. The molecule has 0 spiro atoms. The van der Waals surface area contributed by atoms with Gasteiger partial charge in [-0.1, -0.05) is 12.1 Å². The molecule has 0 atom stereocenters. The van der Waals surface area contributed by atoms with Gasteiger partial charge in [-0.2, -0.15) is 0 Å². The van der Waals surface area contributed by atoms with E-state index in [0.717, 1.165) is 0 Å². The SMILES string of the molecule is O=C(O)COc1ccccc1NC(=O)c1ncccc1Br. The van der Waals surface area contributed by atoms with Crippen molar-refractivity contribution in [2.24, 2.45) is 0 Å². The highest BCUT2D eigenvalue weighted by molar-refractivity contribution is 9.10. The minimum atomic E-state index is -1.09. The van der Waals surface area contributed by atoms with E-state index in [1.54, 1.807) is 36.4 Å². The maximum atomic E-state index is 12.1. The summed E-state index contributed by atoms with van der Waals surface area (Å²) in [5, 5.41) is 11.3. The molecule has 0 aliphatic carbocycles. The number of carboxylic acid groups (broad SMARTS) is 1. The standard InChI is InChI=1S/C14H11BrN2O4/c15-9-4-3-7-16-13(9)14(20)17-10-5-1-2-6-11(10)21-8-12(18)19/h1-7H,8H2,(H,17,20)(H,18,19). The number of carbonyl (C=O) groups is 2. The predicted octanol–water partition coefficient (Wildman–Crippen LogP) is 2.56. The Morgan fingerprint density at radius 3 is 2.71 bits per heavy atom. The molecule has 1 amide bonds. The highest BCUT2D eigenvalue weighted by atomic mass is 79.9. The lowest BCUT2D eigenvalue weighted by molar-refractivity contribution is -0.139. The van der Waals surface area contributed by atoms with Gasteiger partial charge in [-0.3, -0.25) is 4.79 Å². The normalized spacial score (nSPS) is 9.95. The van der Waals surface area contributed by atoms with Gasteiger partial charge in [0.05, 0.1) is 5.69 Å². The van der Waals surface area contributed by atoms with E-state index in [4.69, 9.17) is 9.84 Å². The zero-order chi connectivity index (χ0) is 15.2. The van der Waals surface area contributed by atoms with Crippen LogP contribution in [0.3, 0.4) is 0 Å². The molecule has 1 aromatic heterocycles. The van der Waals surface area contributed by atoms with Crippen molar-refractivity contribution in [1.29, 1.82) is 0 Å². The Kier molecular flexibility index (Phi) is 4.89. The van der Waals surface area contributed by atoms with E-state index in [2.05, 4.69) is 26.2 Å². The number of aliphatic carboxylic acids is 1. The quantitative estimate of drug-likeness (QED) is 0.864. The molecule has 0 saturated heterocycles. The lowest BCUT2D eigenvalue weighted by Crippen LogP contribution is -2.16. The number of amides is 1. The van der Waals surface area contributed by atoms with E-state index in [1.807, 2.05) is 0 Å². The highest BCUT2D eigenvalue weighted by Crippen LogP contribution is 2.25. The zero-order valence-electron chi connectivity index (χ0n) is 10.7. The summed E-state index contributed by atoms with van der Waals surface area (Å²) in [5.41, 5.74) is 0.604. The van der Waals surface area contributed by atoms with Gasteiger partial charge in [0.15, 0.2) is 6.61 Å². The Labute approximate surface area is 128 Å². The summed E-state index contributed by atoms with van der Waals surface area (Å²) in [6.45, 7) is -0.486. The van der Waals surface area contributed by atoms with Crippen molar-refractivity contribution < 1.29 is 19.4 Å². The second kappa shape index (κ2) is 6.85. The number of hydrogen-bond donors (Lipinski definition) is 2. The van der Waals surface area contributed by atoms with Crippen molar-refractivity contribution >= 4 is 33.5 Å². The van der Waals surface area contributed by atoms with E-state index in [0.29, 0.717) is 10.2 Å². The van der Waals surface area contributed by atoms with Crippen LogP contribution in [0.4, 0.5) is 5.69 Å². The predicted molar refractivity (Wildman–Crippen MR) is 79.5 cm³/mol. The van der Waals surface area contributed by atoms with E-state index in [-0.39, 0.29) is 11.4 Å². The lowest BCUT2D eigenvalue weighted by atomic mass is 10.2. The number of carbonyl (C=O) groups excluding carboxylic acids is 1. The third-order valence-corrected chi connectivity index (χ3v) is 3.10. The fourth-order valence-corrected chi connectivity index (χ4v) is 2.00. The number of halogens is 1. The third-order valence-electron chi connectivity index (χ3n) is 2.46. The highest BCUT2D eigenvalue weighted by Gasteiger charge is 2.14. The molecule has 108 valence electrons.